The molecule has 0 aliphatic rings. The third-order valence-electron chi connectivity index (χ3n) is 4.37. The van der Waals surface area contributed by atoms with Crippen LogP contribution in [0.4, 0.5) is 0 Å². The van der Waals surface area contributed by atoms with E-state index in [1.807, 2.05) is 66.1 Å². The van der Waals surface area contributed by atoms with Crippen molar-refractivity contribution in [1.82, 2.24) is 9.47 Å². The Morgan fingerprint density at radius 2 is 1.96 bits per heavy atom. The first-order chi connectivity index (χ1) is 12.0. The minimum Gasteiger partial charge on any atom is -0.387 e. The lowest BCUT2D eigenvalue weighted by Gasteiger charge is -2.22. The second-order valence-electron chi connectivity index (χ2n) is 6.09. The molecule has 0 aliphatic heterocycles. The lowest BCUT2D eigenvalue weighted by atomic mass is 10.1. The summed E-state index contributed by atoms with van der Waals surface area (Å²) >= 11 is 3.41. The number of aromatic nitrogens is 1. The molecular formula is C20H21BrN2O2. The molecule has 1 aromatic heterocycles. The van der Waals surface area contributed by atoms with Crippen molar-refractivity contribution in [3.63, 3.8) is 0 Å². The van der Waals surface area contributed by atoms with Crippen LogP contribution < -0.4 is 0 Å². The lowest BCUT2D eigenvalue weighted by Crippen LogP contribution is -2.32. The predicted molar refractivity (Wildman–Crippen MR) is 104 cm³/mol. The predicted octanol–water partition coefficient (Wildman–Crippen LogP) is 4.23. The number of fused-ring (bicyclic) bond motifs is 1. The van der Waals surface area contributed by atoms with Crippen molar-refractivity contribution in [2.45, 2.75) is 19.6 Å². The first-order valence-electron chi connectivity index (χ1n) is 8.28. The summed E-state index contributed by atoms with van der Waals surface area (Å²) in [6, 6.07) is 17.4. The Labute approximate surface area is 155 Å². The smallest absolute Gasteiger partial charge is 0.270 e. The van der Waals surface area contributed by atoms with Crippen LogP contribution in [0.2, 0.25) is 0 Å². The highest BCUT2D eigenvalue weighted by atomic mass is 79.9. The maximum atomic E-state index is 12.9. The van der Waals surface area contributed by atoms with Gasteiger partial charge in [-0.05, 0) is 36.8 Å². The van der Waals surface area contributed by atoms with Crippen LogP contribution in [-0.2, 0) is 6.54 Å². The van der Waals surface area contributed by atoms with Crippen LogP contribution in [0, 0.1) is 0 Å². The molecule has 2 aromatic carbocycles. The molecule has 1 heterocycles. The number of amides is 1. The quantitative estimate of drug-likeness (QED) is 0.696. The van der Waals surface area contributed by atoms with Crippen LogP contribution in [0.3, 0.4) is 0 Å². The van der Waals surface area contributed by atoms with Crippen molar-refractivity contribution in [1.29, 1.82) is 0 Å². The van der Waals surface area contributed by atoms with Crippen LogP contribution >= 0.6 is 15.9 Å². The van der Waals surface area contributed by atoms with Crippen molar-refractivity contribution in [2.75, 3.05) is 13.6 Å². The molecule has 0 aliphatic carbocycles. The molecule has 25 heavy (non-hydrogen) atoms. The third kappa shape index (κ3) is 3.62. The van der Waals surface area contributed by atoms with E-state index in [0.29, 0.717) is 5.69 Å². The summed E-state index contributed by atoms with van der Waals surface area (Å²) in [4.78, 5) is 14.5. The van der Waals surface area contributed by atoms with E-state index in [1.54, 1.807) is 11.9 Å². The Kier molecular flexibility index (Phi) is 5.25. The van der Waals surface area contributed by atoms with Gasteiger partial charge in [0.1, 0.15) is 5.69 Å². The zero-order valence-corrected chi connectivity index (χ0v) is 15.9. The van der Waals surface area contributed by atoms with E-state index in [0.717, 1.165) is 27.5 Å². The minimum atomic E-state index is -0.731. The number of para-hydroxylation sites is 1. The largest absolute Gasteiger partial charge is 0.387 e. The highest BCUT2D eigenvalue weighted by molar-refractivity contribution is 9.10. The average Bonchev–Trinajstić information content (AvgIpc) is 2.99. The van der Waals surface area contributed by atoms with Gasteiger partial charge in [0.05, 0.1) is 12.6 Å². The molecule has 0 bridgehead atoms. The molecule has 4 nitrogen and oxygen atoms in total. The molecule has 0 radical (unpaired) electrons. The average molecular weight is 401 g/mol. The summed E-state index contributed by atoms with van der Waals surface area (Å²) in [6.07, 6.45) is -0.731. The van der Waals surface area contributed by atoms with Crippen LogP contribution in [0.15, 0.2) is 59.1 Å². The molecule has 0 spiro atoms. The van der Waals surface area contributed by atoms with Crippen LogP contribution in [0.5, 0.6) is 0 Å². The molecular weight excluding hydrogens is 380 g/mol. The Bertz CT molecular complexity index is 904. The van der Waals surface area contributed by atoms with E-state index in [2.05, 4.69) is 15.9 Å². The molecule has 1 N–H and O–H groups in total. The van der Waals surface area contributed by atoms with Crippen LogP contribution in [-0.4, -0.2) is 34.1 Å². The molecule has 3 rings (SSSR count). The Hall–Kier alpha value is -2.11. The highest BCUT2D eigenvalue weighted by Gasteiger charge is 2.21. The number of hydrogen-bond donors (Lipinski definition) is 1. The minimum absolute atomic E-state index is 0.0907. The zero-order valence-electron chi connectivity index (χ0n) is 14.3. The van der Waals surface area contributed by atoms with Crippen LogP contribution in [0.25, 0.3) is 10.9 Å². The third-order valence-corrected chi connectivity index (χ3v) is 4.87. The number of aliphatic hydroxyl groups is 1. The second kappa shape index (κ2) is 7.42. The number of likely N-dealkylation sites (N-methyl/N-ethyl adjacent to an activating group) is 1. The molecule has 0 fully saturated rings. The van der Waals surface area contributed by atoms with Crippen molar-refractivity contribution in [3.05, 3.63) is 70.3 Å². The summed E-state index contributed by atoms with van der Waals surface area (Å²) in [5, 5.41) is 11.5. The molecule has 1 atom stereocenters. The topological polar surface area (TPSA) is 45.5 Å². The lowest BCUT2D eigenvalue weighted by molar-refractivity contribution is 0.0671. The Balaban J connectivity index is 1.83. The number of halogens is 1. The van der Waals surface area contributed by atoms with E-state index < -0.39 is 6.10 Å². The molecule has 5 heteroatoms. The van der Waals surface area contributed by atoms with Gasteiger partial charge in [0, 0.05) is 29.0 Å². The van der Waals surface area contributed by atoms with Crippen LogP contribution in [0.1, 0.15) is 29.1 Å². The fraction of sp³-hybridized carbons (Fsp3) is 0.250. The molecule has 1 amide bonds. The molecule has 3 aromatic rings. The maximum Gasteiger partial charge on any atom is 0.270 e. The normalized spacial score (nSPS) is 12.3. The molecule has 0 saturated carbocycles. The van der Waals surface area contributed by atoms with Gasteiger partial charge in [0.25, 0.3) is 5.91 Å². The van der Waals surface area contributed by atoms with E-state index >= 15 is 0 Å². The standard InChI is InChI=1S/C20H21BrN2O2/c1-3-23-17-10-5-4-7-14(17)12-18(23)20(25)22(2)13-19(24)15-8-6-9-16(21)11-15/h4-12,19,24H,3,13H2,1-2H3. The summed E-state index contributed by atoms with van der Waals surface area (Å²) in [5.74, 6) is -0.0907. The Morgan fingerprint density at radius 3 is 2.68 bits per heavy atom. The number of aliphatic hydroxyl groups excluding tert-OH is 1. The van der Waals surface area contributed by atoms with E-state index in [4.69, 9.17) is 0 Å². The van der Waals surface area contributed by atoms with E-state index in [-0.39, 0.29) is 12.5 Å². The van der Waals surface area contributed by atoms with Crippen molar-refractivity contribution in [2.24, 2.45) is 0 Å². The number of hydrogen-bond acceptors (Lipinski definition) is 2. The number of nitrogens with zero attached hydrogens (tertiary/aromatic N) is 2. The number of carbonyl (C=O) groups is 1. The van der Waals surface area contributed by atoms with E-state index in [9.17, 15) is 9.90 Å². The van der Waals surface area contributed by atoms with Gasteiger partial charge in [-0.3, -0.25) is 4.79 Å². The van der Waals surface area contributed by atoms with Gasteiger partial charge in [-0.15, -0.1) is 0 Å². The summed E-state index contributed by atoms with van der Waals surface area (Å²) in [6.45, 7) is 2.98. The van der Waals surface area contributed by atoms with Gasteiger partial charge in [-0.2, -0.15) is 0 Å². The Morgan fingerprint density at radius 1 is 1.20 bits per heavy atom. The fourth-order valence-electron chi connectivity index (χ4n) is 3.09. The number of benzene rings is 2. The summed E-state index contributed by atoms with van der Waals surface area (Å²) in [5.41, 5.74) is 2.48. The van der Waals surface area contributed by atoms with Gasteiger partial charge in [0.15, 0.2) is 0 Å². The second-order valence-corrected chi connectivity index (χ2v) is 7.00. The zero-order chi connectivity index (χ0) is 18.0. The van der Waals surface area contributed by atoms with Gasteiger partial charge in [-0.1, -0.05) is 46.3 Å². The first-order valence-corrected chi connectivity index (χ1v) is 9.07. The maximum absolute atomic E-state index is 12.9. The fourth-order valence-corrected chi connectivity index (χ4v) is 3.50. The van der Waals surface area contributed by atoms with E-state index in [1.165, 1.54) is 0 Å². The van der Waals surface area contributed by atoms with Gasteiger partial charge in [-0.25, -0.2) is 0 Å². The summed E-state index contributed by atoms with van der Waals surface area (Å²) in [7, 11) is 1.72. The summed E-state index contributed by atoms with van der Waals surface area (Å²) < 4.78 is 2.92. The van der Waals surface area contributed by atoms with Crippen molar-refractivity contribution < 1.29 is 9.90 Å². The van der Waals surface area contributed by atoms with Gasteiger partial charge >= 0.3 is 0 Å². The molecule has 1 unspecified atom stereocenters. The number of aryl methyl sites for hydroxylation is 1. The first kappa shape index (κ1) is 17.7. The van der Waals surface area contributed by atoms with Crippen molar-refractivity contribution in [3.8, 4) is 0 Å². The number of carbonyl (C=O) groups excluding carboxylic acids is 1. The molecule has 130 valence electrons. The monoisotopic (exact) mass is 400 g/mol. The van der Waals surface area contributed by atoms with Crippen molar-refractivity contribution >= 4 is 32.7 Å². The highest BCUT2D eigenvalue weighted by Crippen LogP contribution is 2.23. The SMILES string of the molecule is CCn1c(C(=O)N(C)CC(O)c2cccc(Br)c2)cc2ccccc21. The van der Waals surface area contributed by atoms with Gasteiger partial charge in [0.2, 0.25) is 0 Å². The number of rotatable bonds is 5. The molecule has 0 saturated heterocycles. The van der Waals surface area contributed by atoms with Gasteiger partial charge < -0.3 is 14.6 Å².